The number of aromatic nitrogens is 1. The number of nitrogens with one attached hydrogen (secondary N) is 1. The Morgan fingerprint density at radius 3 is 2.82 bits per heavy atom. The molecule has 0 aliphatic heterocycles. The molecule has 0 amide bonds. The molecule has 17 heavy (non-hydrogen) atoms. The predicted molar refractivity (Wildman–Crippen MR) is 74.5 cm³/mol. The monoisotopic (exact) mass is 246 g/mol. The van der Waals surface area contributed by atoms with Crippen molar-refractivity contribution in [1.29, 1.82) is 0 Å². The molecule has 0 radical (unpaired) electrons. The Kier molecular flexibility index (Phi) is 3.92. The number of benzene rings is 1. The van der Waals surface area contributed by atoms with Crippen molar-refractivity contribution >= 4 is 11.3 Å². The van der Waals surface area contributed by atoms with Crippen molar-refractivity contribution in [2.24, 2.45) is 0 Å². The molecule has 0 fully saturated rings. The number of aryl methyl sites for hydroxylation is 1. The van der Waals surface area contributed by atoms with Crippen LogP contribution in [0.5, 0.6) is 0 Å². The van der Waals surface area contributed by atoms with Gasteiger partial charge in [0.15, 0.2) is 0 Å². The van der Waals surface area contributed by atoms with E-state index in [0.29, 0.717) is 6.04 Å². The molecule has 1 aromatic carbocycles. The van der Waals surface area contributed by atoms with Crippen LogP contribution in [0.25, 0.3) is 10.6 Å². The van der Waals surface area contributed by atoms with E-state index in [9.17, 15) is 0 Å². The second kappa shape index (κ2) is 5.43. The smallest absolute Gasteiger partial charge is 0.123 e. The van der Waals surface area contributed by atoms with Crippen LogP contribution in [0.1, 0.15) is 17.4 Å². The molecular formula is C14H18N2S. The number of hydrogen-bond acceptors (Lipinski definition) is 3. The summed E-state index contributed by atoms with van der Waals surface area (Å²) in [5.41, 5.74) is 2.54. The van der Waals surface area contributed by atoms with Crippen molar-refractivity contribution in [1.82, 2.24) is 10.3 Å². The summed E-state index contributed by atoms with van der Waals surface area (Å²) in [4.78, 5) is 5.86. The molecule has 0 saturated carbocycles. The molecule has 2 aromatic rings. The minimum atomic E-state index is 0.500. The van der Waals surface area contributed by atoms with E-state index in [2.05, 4.69) is 48.4 Å². The van der Waals surface area contributed by atoms with Gasteiger partial charge in [-0.15, -0.1) is 11.3 Å². The van der Waals surface area contributed by atoms with Crippen LogP contribution in [0.15, 0.2) is 30.5 Å². The SMILES string of the molecule is CNC(C)Cc1cnc(-c2ccccc2C)s1. The lowest BCUT2D eigenvalue weighted by molar-refractivity contribution is 0.612. The molecule has 2 nitrogen and oxygen atoms in total. The van der Waals surface area contributed by atoms with Crippen LogP contribution >= 0.6 is 11.3 Å². The quantitative estimate of drug-likeness (QED) is 0.895. The van der Waals surface area contributed by atoms with E-state index in [-0.39, 0.29) is 0 Å². The van der Waals surface area contributed by atoms with Crippen LogP contribution in [0.4, 0.5) is 0 Å². The average molecular weight is 246 g/mol. The van der Waals surface area contributed by atoms with E-state index < -0.39 is 0 Å². The fraction of sp³-hybridized carbons (Fsp3) is 0.357. The fourth-order valence-corrected chi connectivity index (χ4v) is 2.87. The van der Waals surface area contributed by atoms with Gasteiger partial charge in [-0.1, -0.05) is 24.3 Å². The highest BCUT2D eigenvalue weighted by atomic mass is 32.1. The molecule has 1 aromatic heterocycles. The summed E-state index contributed by atoms with van der Waals surface area (Å²) in [5, 5.41) is 4.38. The maximum absolute atomic E-state index is 4.53. The first-order chi connectivity index (χ1) is 8.20. The molecule has 1 N–H and O–H groups in total. The first-order valence-corrected chi connectivity index (χ1v) is 6.70. The van der Waals surface area contributed by atoms with Gasteiger partial charge in [0.25, 0.3) is 0 Å². The minimum Gasteiger partial charge on any atom is -0.317 e. The van der Waals surface area contributed by atoms with Crippen LogP contribution in [0.3, 0.4) is 0 Å². The van der Waals surface area contributed by atoms with Gasteiger partial charge < -0.3 is 5.32 Å². The normalized spacial score (nSPS) is 12.6. The minimum absolute atomic E-state index is 0.500. The Hall–Kier alpha value is -1.19. The summed E-state index contributed by atoms with van der Waals surface area (Å²) < 4.78 is 0. The third-order valence-corrected chi connectivity index (χ3v) is 3.98. The predicted octanol–water partition coefficient (Wildman–Crippen LogP) is 3.27. The summed E-state index contributed by atoms with van der Waals surface area (Å²) >= 11 is 1.79. The zero-order valence-electron chi connectivity index (χ0n) is 10.5. The van der Waals surface area contributed by atoms with Crippen LogP contribution in [0.2, 0.25) is 0 Å². The van der Waals surface area contributed by atoms with E-state index in [1.807, 2.05) is 13.2 Å². The van der Waals surface area contributed by atoms with Gasteiger partial charge in [-0.25, -0.2) is 4.98 Å². The van der Waals surface area contributed by atoms with Gasteiger partial charge in [0, 0.05) is 22.7 Å². The lowest BCUT2D eigenvalue weighted by atomic mass is 10.1. The van der Waals surface area contributed by atoms with E-state index in [1.54, 1.807) is 11.3 Å². The molecule has 1 atom stereocenters. The van der Waals surface area contributed by atoms with Crippen molar-refractivity contribution < 1.29 is 0 Å². The Morgan fingerprint density at radius 2 is 2.12 bits per heavy atom. The van der Waals surface area contributed by atoms with Gasteiger partial charge in [0.2, 0.25) is 0 Å². The zero-order valence-corrected chi connectivity index (χ0v) is 11.3. The van der Waals surface area contributed by atoms with Crippen LogP contribution in [0, 0.1) is 6.92 Å². The van der Waals surface area contributed by atoms with Crippen molar-refractivity contribution in [3.63, 3.8) is 0 Å². The molecular weight excluding hydrogens is 228 g/mol. The van der Waals surface area contributed by atoms with E-state index >= 15 is 0 Å². The first kappa shape index (κ1) is 12.3. The highest BCUT2D eigenvalue weighted by molar-refractivity contribution is 7.15. The summed E-state index contributed by atoms with van der Waals surface area (Å²) in [6.45, 7) is 4.32. The summed E-state index contributed by atoms with van der Waals surface area (Å²) in [7, 11) is 1.99. The van der Waals surface area contributed by atoms with Crippen molar-refractivity contribution in [3.8, 4) is 10.6 Å². The van der Waals surface area contributed by atoms with Crippen LogP contribution in [-0.2, 0) is 6.42 Å². The highest BCUT2D eigenvalue weighted by Gasteiger charge is 2.08. The third kappa shape index (κ3) is 2.93. The highest BCUT2D eigenvalue weighted by Crippen LogP contribution is 2.28. The Labute approximate surface area is 107 Å². The maximum atomic E-state index is 4.53. The molecule has 2 rings (SSSR count). The topological polar surface area (TPSA) is 24.9 Å². The third-order valence-electron chi connectivity index (χ3n) is 2.93. The number of hydrogen-bond donors (Lipinski definition) is 1. The lowest BCUT2D eigenvalue weighted by Crippen LogP contribution is -2.22. The largest absolute Gasteiger partial charge is 0.317 e. The molecule has 0 spiro atoms. The van der Waals surface area contributed by atoms with E-state index in [0.717, 1.165) is 11.4 Å². The number of rotatable bonds is 4. The fourth-order valence-electron chi connectivity index (χ4n) is 1.74. The van der Waals surface area contributed by atoms with Crippen molar-refractivity contribution in [3.05, 3.63) is 40.9 Å². The van der Waals surface area contributed by atoms with Gasteiger partial charge in [-0.3, -0.25) is 0 Å². The molecule has 0 bridgehead atoms. The van der Waals surface area contributed by atoms with E-state index in [1.165, 1.54) is 16.0 Å². The summed E-state index contributed by atoms with van der Waals surface area (Å²) in [6.07, 6.45) is 3.04. The van der Waals surface area contributed by atoms with E-state index in [4.69, 9.17) is 0 Å². The van der Waals surface area contributed by atoms with Gasteiger partial charge >= 0.3 is 0 Å². The molecule has 1 heterocycles. The number of likely N-dealkylation sites (N-methyl/N-ethyl adjacent to an activating group) is 1. The second-order valence-electron chi connectivity index (χ2n) is 4.34. The Bertz CT molecular complexity index is 490. The molecule has 0 aliphatic carbocycles. The molecule has 90 valence electrons. The van der Waals surface area contributed by atoms with Gasteiger partial charge in [0.1, 0.15) is 5.01 Å². The Balaban J connectivity index is 2.21. The summed E-state index contributed by atoms with van der Waals surface area (Å²) in [6, 6.07) is 8.91. The average Bonchev–Trinajstić information content (AvgIpc) is 2.78. The number of thiazole rings is 1. The van der Waals surface area contributed by atoms with Crippen LogP contribution < -0.4 is 5.32 Å². The second-order valence-corrected chi connectivity index (χ2v) is 5.46. The molecule has 0 saturated heterocycles. The van der Waals surface area contributed by atoms with Crippen molar-refractivity contribution in [2.75, 3.05) is 7.05 Å². The Morgan fingerprint density at radius 1 is 1.35 bits per heavy atom. The molecule has 3 heteroatoms. The van der Waals surface area contributed by atoms with Gasteiger partial charge in [-0.2, -0.15) is 0 Å². The standard InChI is InChI=1S/C14H18N2S/c1-10-6-4-5-7-13(10)14-16-9-12(17-14)8-11(2)15-3/h4-7,9,11,15H,8H2,1-3H3. The molecule has 0 aliphatic rings. The molecule has 1 unspecified atom stereocenters. The lowest BCUT2D eigenvalue weighted by Gasteiger charge is -2.06. The summed E-state index contributed by atoms with van der Waals surface area (Å²) in [5.74, 6) is 0. The van der Waals surface area contributed by atoms with Crippen LogP contribution in [-0.4, -0.2) is 18.1 Å². The zero-order chi connectivity index (χ0) is 12.3. The first-order valence-electron chi connectivity index (χ1n) is 5.88. The van der Waals surface area contributed by atoms with Crippen molar-refractivity contribution in [2.45, 2.75) is 26.3 Å². The van der Waals surface area contributed by atoms with Gasteiger partial charge in [0.05, 0.1) is 0 Å². The van der Waals surface area contributed by atoms with Gasteiger partial charge in [-0.05, 0) is 32.9 Å². The maximum Gasteiger partial charge on any atom is 0.123 e. The number of nitrogens with zero attached hydrogens (tertiary/aromatic N) is 1.